The molecule has 20 heavy (non-hydrogen) atoms. The third-order valence-corrected chi connectivity index (χ3v) is 3.43. The first-order chi connectivity index (χ1) is 9.54. The zero-order chi connectivity index (χ0) is 14.5. The fourth-order valence-corrected chi connectivity index (χ4v) is 2.42. The summed E-state index contributed by atoms with van der Waals surface area (Å²) in [6.07, 6.45) is 4.68. The minimum atomic E-state index is -0.682. The molecule has 1 aromatic heterocycles. The first kappa shape index (κ1) is 14.6. The summed E-state index contributed by atoms with van der Waals surface area (Å²) in [5.74, 6) is 0.405. The zero-order valence-corrected chi connectivity index (χ0v) is 11.9. The van der Waals surface area contributed by atoms with Gasteiger partial charge in [0.15, 0.2) is 0 Å². The highest BCUT2D eigenvalue weighted by atomic mass is 16.5. The minimum Gasteiger partial charge on any atom is -0.481 e. The second kappa shape index (κ2) is 6.54. The molecule has 0 unspecified atom stereocenters. The second-order valence-corrected chi connectivity index (χ2v) is 5.44. The number of carbonyl (C=O) groups is 1. The molecule has 0 atom stereocenters. The van der Waals surface area contributed by atoms with Gasteiger partial charge in [0.2, 0.25) is 5.88 Å². The Hall–Kier alpha value is -1.85. The summed E-state index contributed by atoms with van der Waals surface area (Å²) in [5, 5.41) is 12.3. The molecule has 0 saturated heterocycles. The molecule has 6 heteroatoms. The fraction of sp³-hybridized carbons (Fsp3) is 0.643. The van der Waals surface area contributed by atoms with Crippen molar-refractivity contribution in [2.75, 3.05) is 5.32 Å². The number of nitrogens with zero attached hydrogens (tertiary/aromatic N) is 2. The van der Waals surface area contributed by atoms with Gasteiger partial charge in [-0.3, -0.25) is 4.79 Å². The maximum absolute atomic E-state index is 10.9. The molecule has 0 aromatic carbocycles. The molecule has 0 spiro atoms. The maximum atomic E-state index is 10.9. The van der Waals surface area contributed by atoms with Gasteiger partial charge in [0.1, 0.15) is 12.1 Å². The van der Waals surface area contributed by atoms with E-state index in [2.05, 4.69) is 15.3 Å². The summed E-state index contributed by atoms with van der Waals surface area (Å²) in [7, 11) is 0. The van der Waals surface area contributed by atoms with E-state index in [-0.39, 0.29) is 18.1 Å². The summed E-state index contributed by atoms with van der Waals surface area (Å²) >= 11 is 0. The fourth-order valence-electron chi connectivity index (χ4n) is 2.42. The van der Waals surface area contributed by atoms with Crippen LogP contribution in [0, 0.1) is 5.92 Å². The van der Waals surface area contributed by atoms with Gasteiger partial charge in [-0.05, 0) is 39.5 Å². The largest absolute Gasteiger partial charge is 0.481 e. The molecule has 1 aliphatic carbocycles. The third kappa shape index (κ3) is 4.08. The molecular weight excluding hydrogens is 258 g/mol. The van der Waals surface area contributed by atoms with E-state index < -0.39 is 5.97 Å². The van der Waals surface area contributed by atoms with Gasteiger partial charge < -0.3 is 15.2 Å². The molecule has 1 aliphatic rings. The van der Waals surface area contributed by atoms with Crippen molar-refractivity contribution in [2.24, 2.45) is 5.92 Å². The lowest BCUT2D eigenvalue weighted by molar-refractivity contribution is -0.142. The molecule has 0 bridgehead atoms. The molecule has 0 aliphatic heterocycles. The predicted molar refractivity (Wildman–Crippen MR) is 74.8 cm³/mol. The number of anilines is 1. The Morgan fingerprint density at radius 3 is 2.65 bits per heavy atom. The summed E-state index contributed by atoms with van der Waals surface area (Å²) in [6, 6.07) is 2.05. The molecule has 1 heterocycles. The highest BCUT2D eigenvalue weighted by molar-refractivity contribution is 5.70. The number of ether oxygens (including phenoxy) is 1. The van der Waals surface area contributed by atoms with Crippen molar-refractivity contribution in [3.63, 3.8) is 0 Å². The predicted octanol–water partition coefficient (Wildman–Crippen LogP) is 2.32. The van der Waals surface area contributed by atoms with E-state index in [0.29, 0.717) is 18.7 Å². The van der Waals surface area contributed by atoms with Crippen molar-refractivity contribution in [3.05, 3.63) is 12.4 Å². The van der Waals surface area contributed by atoms with E-state index >= 15 is 0 Å². The van der Waals surface area contributed by atoms with Crippen molar-refractivity contribution in [2.45, 2.75) is 51.7 Å². The van der Waals surface area contributed by atoms with Gasteiger partial charge in [-0.2, -0.15) is 0 Å². The Morgan fingerprint density at radius 1 is 1.35 bits per heavy atom. The molecule has 110 valence electrons. The van der Waals surface area contributed by atoms with Crippen LogP contribution in [0.25, 0.3) is 0 Å². The van der Waals surface area contributed by atoms with Crippen molar-refractivity contribution in [1.82, 2.24) is 9.97 Å². The van der Waals surface area contributed by atoms with Crippen molar-refractivity contribution in [1.29, 1.82) is 0 Å². The first-order valence-corrected chi connectivity index (χ1v) is 7.02. The van der Waals surface area contributed by atoms with Crippen LogP contribution in [-0.2, 0) is 4.79 Å². The summed E-state index contributed by atoms with van der Waals surface area (Å²) < 4.78 is 5.52. The van der Waals surface area contributed by atoms with E-state index in [0.717, 1.165) is 18.7 Å². The van der Waals surface area contributed by atoms with Gasteiger partial charge in [-0.25, -0.2) is 9.97 Å². The third-order valence-electron chi connectivity index (χ3n) is 3.43. The molecule has 0 amide bonds. The quantitative estimate of drug-likeness (QED) is 0.860. The molecular formula is C14H21N3O3. The van der Waals surface area contributed by atoms with E-state index in [4.69, 9.17) is 9.84 Å². The Kier molecular flexibility index (Phi) is 4.76. The van der Waals surface area contributed by atoms with Gasteiger partial charge in [-0.1, -0.05) is 0 Å². The van der Waals surface area contributed by atoms with Gasteiger partial charge >= 0.3 is 5.97 Å². The molecule has 6 nitrogen and oxygen atoms in total. The molecule has 1 fully saturated rings. The Morgan fingerprint density at radius 2 is 2.05 bits per heavy atom. The van der Waals surface area contributed by atoms with Crippen LogP contribution in [0.4, 0.5) is 5.82 Å². The number of carboxylic acids is 1. The monoisotopic (exact) mass is 279 g/mol. The lowest BCUT2D eigenvalue weighted by atomic mass is 9.86. The molecule has 1 aromatic rings. The number of hydrogen-bond donors (Lipinski definition) is 2. The Bertz CT molecular complexity index is 457. The average molecular weight is 279 g/mol. The van der Waals surface area contributed by atoms with Crippen LogP contribution in [0.15, 0.2) is 12.4 Å². The number of hydrogen-bond acceptors (Lipinski definition) is 5. The first-order valence-electron chi connectivity index (χ1n) is 7.02. The van der Waals surface area contributed by atoms with Crippen LogP contribution >= 0.6 is 0 Å². The van der Waals surface area contributed by atoms with Crippen LogP contribution in [0.3, 0.4) is 0 Å². The van der Waals surface area contributed by atoms with Crippen molar-refractivity contribution in [3.8, 4) is 5.88 Å². The normalized spacial score (nSPS) is 22.6. The van der Waals surface area contributed by atoms with Gasteiger partial charge in [0.05, 0.1) is 12.0 Å². The van der Waals surface area contributed by atoms with E-state index in [9.17, 15) is 4.79 Å². The highest BCUT2D eigenvalue weighted by Gasteiger charge is 2.25. The van der Waals surface area contributed by atoms with Gasteiger partial charge in [0.25, 0.3) is 0 Å². The van der Waals surface area contributed by atoms with Gasteiger partial charge in [-0.15, -0.1) is 0 Å². The highest BCUT2D eigenvalue weighted by Crippen LogP contribution is 2.26. The van der Waals surface area contributed by atoms with E-state index in [1.54, 1.807) is 6.07 Å². The molecule has 0 radical (unpaired) electrons. The van der Waals surface area contributed by atoms with Crippen LogP contribution in [0.1, 0.15) is 39.5 Å². The lowest BCUT2D eigenvalue weighted by Gasteiger charge is -2.27. The number of aliphatic carboxylic acids is 1. The van der Waals surface area contributed by atoms with E-state index in [1.165, 1.54) is 6.33 Å². The van der Waals surface area contributed by atoms with Crippen molar-refractivity contribution >= 4 is 11.8 Å². The molecule has 2 rings (SSSR count). The number of aromatic nitrogens is 2. The molecule has 2 N–H and O–H groups in total. The smallest absolute Gasteiger partial charge is 0.306 e. The Balaban J connectivity index is 1.89. The number of nitrogens with one attached hydrogen (secondary N) is 1. The second-order valence-electron chi connectivity index (χ2n) is 5.44. The van der Waals surface area contributed by atoms with E-state index in [1.807, 2.05) is 13.8 Å². The van der Waals surface area contributed by atoms with Gasteiger partial charge in [0, 0.05) is 12.1 Å². The summed E-state index contributed by atoms with van der Waals surface area (Å²) in [4.78, 5) is 19.1. The summed E-state index contributed by atoms with van der Waals surface area (Å²) in [6.45, 7) is 3.89. The van der Waals surface area contributed by atoms with Crippen LogP contribution in [0.5, 0.6) is 5.88 Å². The number of rotatable bonds is 5. The topological polar surface area (TPSA) is 84.3 Å². The lowest BCUT2D eigenvalue weighted by Crippen LogP contribution is -2.29. The zero-order valence-electron chi connectivity index (χ0n) is 11.9. The van der Waals surface area contributed by atoms with Crippen LogP contribution in [-0.4, -0.2) is 33.2 Å². The molecule has 1 saturated carbocycles. The van der Waals surface area contributed by atoms with Crippen LogP contribution < -0.4 is 10.1 Å². The maximum Gasteiger partial charge on any atom is 0.306 e. The summed E-state index contributed by atoms with van der Waals surface area (Å²) in [5.41, 5.74) is 0. The number of carboxylic acid groups (broad SMARTS) is 1. The van der Waals surface area contributed by atoms with Crippen LogP contribution in [0.2, 0.25) is 0 Å². The SMILES string of the molecule is CC(C)Oc1cc(NC2CCC(C(=O)O)CC2)ncn1. The van der Waals surface area contributed by atoms with Crippen molar-refractivity contribution < 1.29 is 14.6 Å². The standard InChI is InChI=1S/C14H21N3O3/c1-9(2)20-13-7-12(15-8-16-13)17-11-5-3-10(4-6-11)14(18)19/h7-11H,3-6H2,1-2H3,(H,18,19)(H,15,16,17). The Labute approximate surface area is 118 Å². The average Bonchev–Trinajstić information content (AvgIpc) is 2.39. The minimum absolute atomic E-state index is 0.0729.